The van der Waals surface area contributed by atoms with Gasteiger partial charge in [0.05, 0.1) is 6.20 Å². The SMILES string of the molecule is CC(C)c1cc(CC(C)C2CC2CC(C)c2cn[nH]c2)c[nH]1. The summed E-state index contributed by atoms with van der Waals surface area (Å²) in [5.74, 6) is 3.82. The zero-order valence-electron chi connectivity index (χ0n) is 14.3. The van der Waals surface area contributed by atoms with Crippen molar-refractivity contribution in [3.05, 3.63) is 41.5 Å². The van der Waals surface area contributed by atoms with Gasteiger partial charge in [-0.05, 0) is 66.0 Å². The third kappa shape index (κ3) is 3.45. The fourth-order valence-corrected chi connectivity index (χ4v) is 3.79. The molecule has 22 heavy (non-hydrogen) atoms. The average molecular weight is 299 g/mol. The summed E-state index contributed by atoms with van der Waals surface area (Å²) in [7, 11) is 0. The monoisotopic (exact) mass is 299 g/mol. The number of hydrogen-bond donors (Lipinski definition) is 2. The number of aromatic nitrogens is 3. The van der Waals surface area contributed by atoms with E-state index in [0.29, 0.717) is 11.8 Å². The third-order valence-corrected chi connectivity index (χ3v) is 5.40. The Hall–Kier alpha value is -1.51. The summed E-state index contributed by atoms with van der Waals surface area (Å²) in [6.45, 7) is 9.24. The van der Waals surface area contributed by atoms with Crippen LogP contribution in [0.5, 0.6) is 0 Å². The van der Waals surface area contributed by atoms with Crippen LogP contribution in [0.2, 0.25) is 0 Å². The van der Waals surface area contributed by atoms with Crippen LogP contribution >= 0.6 is 0 Å². The minimum atomic E-state index is 0.591. The Labute approximate surface area is 133 Å². The van der Waals surface area contributed by atoms with Gasteiger partial charge in [0.1, 0.15) is 0 Å². The second-order valence-electron chi connectivity index (χ2n) is 7.63. The van der Waals surface area contributed by atoms with Crippen LogP contribution in [0, 0.1) is 17.8 Å². The molecule has 0 aliphatic heterocycles. The first-order valence-corrected chi connectivity index (χ1v) is 8.70. The molecule has 3 heteroatoms. The molecule has 0 saturated heterocycles. The van der Waals surface area contributed by atoms with Gasteiger partial charge in [0, 0.05) is 18.1 Å². The van der Waals surface area contributed by atoms with Gasteiger partial charge in [0.15, 0.2) is 0 Å². The van der Waals surface area contributed by atoms with E-state index in [1.807, 2.05) is 12.4 Å². The highest BCUT2D eigenvalue weighted by Crippen LogP contribution is 2.50. The van der Waals surface area contributed by atoms with Crippen LogP contribution in [0.3, 0.4) is 0 Å². The highest BCUT2D eigenvalue weighted by Gasteiger charge is 2.41. The molecule has 0 amide bonds. The van der Waals surface area contributed by atoms with E-state index in [1.165, 1.54) is 36.1 Å². The molecule has 2 heterocycles. The molecule has 0 aromatic carbocycles. The molecule has 2 aromatic heterocycles. The summed E-state index contributed by atoms with van der Waals surface area (Å²) < 4.78 is 0. The van der Waals surface area contributed by atoms with Gasteiger partial charge >= 0.3 is 0 Å². The minimum absolute atomic E-state index is 0.591. The van der Waals surface area contributed by atoms with Crippen LogP contribution < -0.4 is 0 Å². The van der Waals surface area contributed by atoms with Gasteiger partial charge < -0.3 is 4.98 Å². The van der Waals surface area contributed by atoms with E-state index in [2.05, 4.69) is 55.1 Å². The molecule has 3 nitrogen and oxygen atoms in total. The minimum Gasteiger partial charge on any atom is -0.365 e. The summed E-state index contributed by atoms with van der Waals surface area (Å²) >= 11 is 0. The van der Waals surface area contributed by atoms with E-state index in [-0.39, 0.29) is 0 Å². The zero-order chi connectivity index (χ0) is 15.7. The standard InChI is InChI=1S/C19H29N3/c1-12(2)19-7-15(9-20-19)5-14(4)18-8-16(18)6-13(3)17-10-21-22-11-17/h7,9-14,16,18,20H,5-6,8H2,1-4H3,(H,21,22). The number of nitrogens with zero attached hydrogens (tertiary/aromatic N) is 1. The highest BCUT2D eigenvalue weighted by molar-refractivity contribution is 5.20. The molecular formula is C19H29N3. The van der Waals surface area contributed by atoms with Crippen LogP contribution in [0.4, 0.5) is 0 Å². The fraction of sp³-hybridized carbons (Fsp3) is 0.632. The molecule has 2 aromatic rings. The lowest BCUT2D eigenvalue weighted by Crippen LogP contribution is -2.04. The van der Waals surface area contributed by atoms with Crippen LogP contribution in [0.1, 0.15) is 69.2 Å². The molecule has 2 N–H and O–H groups in total. The zero-order valence-corrected chi connectivity index (χ0v) is 14.3. The summed E-state index contributed by atoms with van der Waals surface area (Å²) in [4.78, 5) is 3.42. The predicted octanol–water partition coefficient (Wildman–Crippen LogP) is 4.87. The van der Waals surface area contributed by atoms with Gasteiger partial charge in [0.25, 0.3) is 0 Å². The number of hydrogen-bond acceptors (Lipinski definition) is 1. The molecule has 1 aliphatic rings. The molecule has 4 atom stereocenters. The fourth-order valence-electron chi connectivity index (χ4n) is 3.79. The topological polar surface area (TPSA) is 44.5 Å². The lowest BCUT2D eigenvalue weighted by Gasteiger charge is -2.12. The molecule has 0 bridgehead atoms. The summed E-state index contributed by atoms with van der Waals surface area (Å²) in [6, 6.07) is 2.35. The highest BCUT2D eigenvalue weighted by atomic mass is 15.1. The Kier molecular flexibility index (Phi) is 4.42. The molecule has 0 radical (unpaired) electrons. The van der Waals surface area contributed by atoms with Gasteiger partial charge in [-0.3, -0.25) is 5.10 Å². The van der Waals surface area contributed by atoms with Gasteiger partial charge in [-0.25, -0.2) is 0 Å². The van der Waals surface area contributed by atoms with Crippen molar-refractivity contribution < 1.29 is 0 Å². The lowest BCUT2D eigenvalue weighted by atomic mass is 9.92. The maximum absolute atomic E-state index is 4.07. The second-order valence-corrected chi connectivity index (χ2v) is 7.63. The van der Waals surface area contributed by atoms with Crippen molar-refractivity contribution in [3.63, 3.8) is 0 Å². The van der Waals surface area contributed by atoms with Crippen molar-refractivity contribution in [3.8, 4) is 0 Å². The van der Waals surface area contributed by atoms with Gasteiger partial charge in [-0.1, -0.05) is 27.7 Å². The smallest absolute Gasteiger partial charge is 0.0521 e. The first-order chi connectivity index (χ1) is 10.5. The van der Waals surface area contributed by atoms with Crippen LogP contribution in [-0.2, 0) is 6.42 Å². The number of H-pyrrole nitrogens is 2. The van der Waals surface area contributed by atoms with Gasteiger partial charge in [-0.15, -0.1) is 0 Å². The Morgan fingerprint density at radius 3 is 2.68 bits per heavy atom. The van der Waals surface area contributed by atoms with Gasteiger partial charge in [0.2, 0.25) is 0 Å². The van der Waals surface area contributed by atoms with Crippen LogP contribution in [0.15, 0.2) is 24.7 Å². The summed E-state index contributed by atoms with van der Waals surface area (Å²) in [5.41, 5.74) is 4.19. The maximum atomic E-state index is 4.07. The van der Waals surface area contributed by atoms with Crippen molar-refractivity contribution in [2.75, 3.05) is 0 Å². The average Bonchev–Trinajstić information content (AvgIpc) is 2.93. The number of nitrogens with one attached hydrogen (secondary N) is 2. The quantitative estimate of drug-likeness (QED) is 0.752. The van der Waals surface area contributed by atoms with Gasteiger partial charge in [-0.2, -0.15) is 5.10 Å². The van der Waals surface area contributed by atoms with Crippen molar-refractivity contribution in [2.45, 2.75) is 58.8 Å². The van der Waals surface area contributed by atoms with Crippen molar-refractivity contribution in [1.29, 1.82) is 0 Å². The number of aromatic amines is 2. The number of rotatable bonds is 7. The van der Waals surface area contributed by atoms with Crippen LogP contribution in [-0.4, -0.2) is 15.2 Å². The Morgan fingerprint density at radius 2 is 2.05 bits per heavy atom. The summed E-state index contributed by atoms with van der Waals surface area (Å²) in [6.07, 6.45) is 10.1. The molecular weight excluding hydrogens is 270 g/mol. The third-order valence-electron chi connectivity index (χ3n) is 5.40. The van der Waals surface area contributed by atoms with E-state index in [1.54, 1.807) is 0 Å². The predicted molar refractivity (Wildman–Crippen MR) is 91.0 cm³/mol. The Bertz CT molecular complexity index is 582. The van der Waals surface area contributed by atoms with E-state index < -0.39 is 0 Å². The van der Waals surface area contributed by atoms with E-state index >= 15 is 0 Å². The molecule has 1 aliphatic carbocycles. The molecule has 1 fully saturated rings. The molecule has 0 spiro atoms. The van der Waals surface area contributed by atoms with Crippen molar-refractivity contribution in [1.82, 2.24) is 15.2 Å². The first-order valence-electron chi connectivity index (χ1n) is 8.70. The normalized spacial score (nSPS) is 23.7. The van der Waals surface area contributed by atoms with Crippen molar-refractivity contribution in [2.24, 2.45) is 17.8 Å². The molecule has 3 rings (SSSR count). The second kappa shape index (κ2) is 6.31. The molecule has 4 unspecified atom stereocenters. The molecule has 120 valence electrons. The maximum Gasteiger partial charge on any atom is 0.0521 e. The van der Waals surface area contributed by atoms with E-state index in [4.69, 9.17) is 0 Å². The molecule has 1 saturated carbocycles. The van der Waals surface area contributed by atoms with Crippen LogP contribution in [0.25, 0.3) is 0 Å². The largest absolute Gasteiger partial charge is 0.365 e. The van der Waals surface area contributed by atoms with E-state index in [0.717, 1.165) is 17.8 Å². The Morgan fingerprint density at radius 1 is 1.23 bits per heavy atom. The van der Waals surface area contributed by atoms with Crippen molar-refractivity contribution >= 4 is 0 Å². The lowest BCUT2D eigenvalue weighted by molar-refractivity contribution is 0.450. The Balaban J connectivity index is 1.49. The first kappa shape index (κ1) is 15.4. The van der Waals surface area contributed by atoms with E-state index in [9.17, 15) is 0 Å². The summed E-state index contributed by atoms with van der Waals surface area (Å²) in [5, 5.41) is 7.00.